The molecule has 7 heteroatoms. The molecule has 0 aliphatic carbocycles. The standard InChI is InChI=1S/C13H24N2O4S/c1-10(2)14-9-12-8-13(11(3)19-12)20(16,17)15-6-5-7-18-4/h8,10,14-15H,5-7,9H2,1-4H3. The molecule has 0 unspecified atom stereocenters. The van der Waals surface area contributed by atoms with Gasteiger partial charge in [-0.2, -0.15) is 0 Å². The lowest BCUT2D eigenvalue weighted by Crippen LogP contribution is -2.25. The SMILES string of the molecule is COCCCNS(=O)(=O)c1cc(CNC(C)C)oc1C. The quantitative estimate of drug-likeness (QED) is 0.674. The maximum Gasteiger partial charge on any atom is 0.244 e. The molecule has 0 radical (unpaired) electrons. The molecule has 0 aliphatic heterocycles. The maximum absolute atomic E-state index is 12.1. The molecular weight excluding hydrogens is 280 g/mol. The number of sulfonamides is 1. The number of aryl methyl sites for hydroxylation is 1. The van der Waals surface area contributed by atoms with Crippen molar-refractivity contribution in [3.05, 3.63) is 17.6 Å². The third-order valence-electron chi connectivity index (χ3n) is 2.71. The van der Waals surface area contributed by atoms with Gasteiger partial charge in [-0.05, 0) is 13.3 Å². The average Bonchev–Trinajstić information content (AvgIpc) is 2.74. The smallest absolute Gasteiger partial charge is 0.244 e. The van der Waals surface area contributed by atoms with Crippen LogP contribution < -0.4 is 10.0 Å². The number of hydrogen-bond donors (Lipinski definition) is 2. The van der Waals surface area contributed by atoms with Crippen LogP contribution >= 0.6 is 0 Å². The Bertz CT molecular complexity index is 508. The summed E-state index contributed by atoms with van der Waals surface area (Å²) in [6.07, 6.45) is 0.633. The van der Waals surface area contributed by atoms with Gasteiger partial charge >= 0.3 is 0 Å². The first-order chi connectivity index (χ1) is 9.36. The van der Waals surface area contributed by atoms with Crippen molar-refractivity contribution in [3.63, 3.8) is 0 Å². The number of nitrogens with one attached hydrogen (secondary N) is 2. The summed E-state index contributed by atoms with van der Waals surface area (Å²) in [6.45, 7) is 7.08. The second kappa shape index (κ2) is 7.78. The van der Waals surface area contributed by atoms with E-state index in [4.69, 9.17) is 9.15 Å². The van der Waals surface area contributed by atoms with E-state index in [0.29, 0.717) is 43.7 Å². The summed E-state index contributed by atoms with van der Waals surface area (Å²) in [6, 6.07) is 1.89. The number of ether oxygens (including phenoxy) is 1. The van der Waals surface area contributed by atoms with Gasteiger partial charge in [-0.3, -0.25) is 0 Å². The Hall–Kier alpha value is -0.890. The first-order valence-corrected chi connectivity index (χ1v) is 8.16. The van der Waals surface area contributed by atoms with Gasteiger partial charge in [0.05, 0.1) is 6.54 Å². The molecule has 1 rings (SSSR count). The van der Waals surface area contributed by atoms with E-state index in [9.17, 15) is 8.42 Å². The van der Waals surface area contributed by atoms with Crippen molar-refractivity contribution in [1.82, 2.24) is 10.0 Å². The predicted octanol–water partition coefficient (Wildman–Crippen LogP) is 1.40. The lowest BCUT2D eigenvalue weighted by Gasteiger charge is -2.05. The van der Waals surface area contributed by atoms with Gasteiger partial charge in [0.2, 0.25) is 10.0 Å². The fourth-order valence-electron chi connectivity index (χ4n) is 1.68. The maximum atomic E-state index is 12.1. The number of hydrogen-bond acceptors (Lipinski definition) is 5. The van der Waals surface area contributed by atoms with Crippen LogP contribution in [0.5, 0.6) is 0 Å². The van der Waals surface area contributed by atoms with Crippen molar-refractivity contribution < 1.29 is 17.6 Å². The molecule has 0 fully saturated rings. The van der Waals surface area contributed by atoms with Crippen LogP contribution in [-0.4, -0.2) is 34.7 Å². The van der Waals surface area contributed by atoms with E-state index < -0.39 is 10.0 Å². The third-order valence-corrected chi connectivity index (χ3v) is 4.28. The number of rotatable bonds is 9. The topological polar surface area (TPSA) is 80.6 Å². The minimum absolute atomic E-state index is 0.204. The molecule has 0 atom stereocenters. The normalized spacial score (nSPS) is 12.2. The Morgan fingerprint density at radius 2 is 2.10 bits per heavy atom. The van der Waals surface area contributed by atoms with E-state index in [-0.39, 0.29) is 4.90 Å². The van der Waals surface area contributed by atoms with E-state index >= 15 is 0 Å². The van der Waals surface area contributed by atoms with Crippen molar-refractivity contribution in [1.29, 1.82) is 0 Å². The largest absolute Gasteiger partial charge is 0.464 e. The summed E-state index contributed by atoms with van der Waals surface area (Å²) in [5.41, 5.74) is 0. The van der Waals surface area contributed by atoms with Crippen LogP contribution in [0.15, 0.2) is 15.4 Å². The minimum atomic E-state index is -3.52. The molecule has 0 saturated carbocycles. The Kier molecular flexibility index (Phi) is 6.67. The molecule has 1 heterocycles. The Balaban J connectivity index is 2.69. The van der Waals surface area contributed by atoms with Crippen LogP contribution in [0, 0.1) is 6.92 Å². The summed E-state index contributed by atoms with van der Waals surface area (Å²) in [7, 11) is -1.93. The molecule has 0 aromatic carbocycles. The molecule has 0 saturated heterocycles. The van der Waals surface area contributed by atoms with E-state index in [1.807, 2.05) is 13.8 Å². The van der Waals surface area contributed by atoms with Gasteiger partial charge in [0.15, 0.2) is 0 Å². The van der Waals surface area contributed by atoms with E-state index in [0.717, 1.165) is 0 Å². The van der Waals surface area contributed by atoms with Crippen LogP contribution in [0.1, 0.15) is 31.8 Å². The zero-order chi connectivity index (χ0) is 15.2. The minimum Gasteiger partial charge on any atom is -0.464 e. The Morgan fingerprint density at radius 3 is 2.70 bits per heavy atom. The van der Waals surface area contributed by atoms with Crippen LogP contribution in [-0.2, 0) is 21.3 Å². The molecular formula is C13H24N2O4S. The van der Waals surface area contributed by atoms with Gasteiger partial charge in [-0.25, -0.2) is 13.1 Å². The first kappa shape index (κ1) is 17.2. The fourth-order valence-corrected chi connectivity index (χ4v) is 2.96. The van der Waals surface area contributed by atoms with Gasteiger partial charge in [-0.1, -0.05) is 13.8 Å². The molecule has 20 heavy (non-hydrogen) atoms. The van der Waals surface area contributed by atoms with E-state index in [1.165, 1.54) is 0 Å². The fraction of sp³-hybridized carbons (Fsp3) is 0.692. The second-order valence-corrected chi connectivity index (χ2v) is 6.65. The molecule has 0 amide bonds. The molecule has 2 N–H and O–H groups in total. The van der Waals surface area contributed by atoms with Gasteiger partial charge in [0.25, 0.3) is 0 Å². The molecule has 1 aromatic rings. The molecule has 1 aromatic heterocycles. The predicted molar refractivity (Wildman–Crippen MR) is 77.1 cm³/mol. The van der Waals surface area contributed by atoms with Crippen LogP contribution in [0.3, 0.4) is 0 Å². The molecule has 0 aliphatic rings. The Labute approximate surface area is 120 Å². The van der Waals surface area contributed by atoms with Gasteiger partial charge in [0, 0.05) is 32.4 Å². The van der Waals surface area contributed by atoms with Gasteiger partial charge in [-0.15, -0.1) is 0 Å². The molecule has 0 bridgehead atoms. The highest BCUT2D eigenvalue weighted by molar-refractivity contribution is 7.89. The van der Waals surface area contributed by atoms with Crippen molar-refractivity contribution in [2.24, 2.45) is 0 Å². The number of furan rings is 1. The van der Waals surface area contributed by atoms with E-state index in [2.05, 4.69) is 10.0 Å². The second-order valence-electron chi connectivity index (χ2n) is 4.91. The zero-order valence-corrected chi connectivity index (χ0v) is 13.3. The summed E-state index contributed by atoms with van der Waals surface area (Å²) in [4.78, 5) is 0.204. The van der Waals surface area contributed by atoms with Crippen molar-refractivity contribution >= 4 is 10.0 Å². The van der Waals surface area contributed by atoms with Crippen molar-refractivity contribution in [2.45, 2.75) is 44.7 Å². The number of methoxy groups -OCH3 is 1. The lowest BCUT2D eigenvalue weighted by molar-refractivity contribution is 0.196. The highest BCUT2D eigenvalue weighted by atomic mass is 32.2. The lowest BCUT2D eigenvalue weighted by atomic mass is 10.3. The Morgan fingerprint density at radius 1 is 1.40 bits per heavy atom. The van der Waals surface area contributed by atoms with Crippen LogP contribution in [0.25, 0.3) is 0 Å². The summed E-state index contributed by atoms with van der Waals surface area (Å²) in [5, 5.41) is 3.19. The van der Waals surface area contributed by atoms with Crippen molar-refractivity contribution in [2.75, 3.05) is 20.3 Å². The highest BCUT2D eigenvalue weighted by Gasteiger charge is 2.20. The monoisotopic (exact) mass is 304 g/mol. The van der Waals surface area contributed by atoms with E-state index in [1.54, 1.807) is 20.1 Å². The van der Waals surface area contributed by atoms with Gasteiger partial charge in [0.1, 0.15) is 16.4 Å². The van der Waals surface area contributed by atoms with Crippen LogP contribution in [0.2, 0.25) is 0 Å². The first-order valence-electron chi connectivity index (χ1n) is 6.68. The van der Waals surface area contributed by atoms with Gasteiger partial charge < -0.3 is 14.5 Å². The molecule has 116 valence electrons. The average molecular weight is 304 g/mol. The summed E-state index contributed by atoms with van der Waals surface area (Å²) in [5.74, 6) is 1.03. The highest BCUT2D eigenvalue weighted by Crippen LogP contribution is 2.19. The zero-order valence-electron chi connectivity index (χ0n) is 12.5. The molecule has 0 spiro atoms. The summed E-state index contributed by atoms with van der Waals surface area (Å²) >= 11 is 0. The summed E-state index contributed by atoms with van der Waals surface area (Å²) < 4.78 is 37.2. The van der Waals surface area contributed by atoms with Crippen molar-refractivity contribution in [3.8, 4) is 0 Å². The molecule has 6 nitrogen and oxygen atoms in total. The third kappa shape index (κ3) is 5.24. The van der Waals surface area contributed by atoms with Crippen LogP contribution in [0.4, 0.5) is 0 Å².